The maximum absolute atomic E-state index is 12.4. The standard InChI is InChI=1S/C23H26N2O7/c1-13(26)20(22(28)29)25-21(27)19(12-31-2)24-23(30)32-11-18-16-9-5-3-7-14(16)15-8-4-6-10-17(15)18/h3-10,13,18-20,26H,11-12H2,1-2H3,(H,24,30)(H,25,27)(H,28,29). The summed E-state index contributed by atoms with van der Waals surface area (Å²) in [6, 6.07) is 13.1. The molecule has 1 aliphatic carbocycles. The van der Waals surface area contributed by atoms with Gasteiger partial charge in [0, 0.05) is 13.0 Å². The van der Waals surface area contributed by atoms with Crippen LogP contribution in [0.3, 0.4) is 0 Å². The van der Waals surface area contributed by atoms with E-state index in [1.54, 1.807) is 0 Å². The number of carboxylic acid groups (broad SMARTS) is 1. The first-order valence-electron chi connectivity index (χ1n) is 10.1. The molecule has 0 bridgehead atoms. The molecule has 0 saturated carbocycles. The van der Waals surface area contributed by atoms with Crippen molar-refractivity contribution in [3.63, 3.8) is 0 Å². The van der Waals surface area contributed by atoms with E-state index < -0.39 is 36.2 Å². The van der Waals surface area contributed by atoms with Crippen LogP contribution in [0.1, 0.15) is 24.0 Å². The zero-order chi connectivity index (χ0) is 23.3. The molecule has 0 aliphatic heterocycles. The molecular formula is C23H26N2O7. The second kappa shape index (κ2) is 10.3. The van der Waals surface area contributed by atoms with Crippen LogP contribution in [-0.4, -0.2) is 66.7 Å². The first-order valence-corrected chi connectivity index (χ1v) is 10.1. The van der Waals surface area contributed by atoms with Crippen LogP contribution in [0.4, 0.5) is 4.79 Å². The highest BCUT2D eigenvalue weighted by Crippen LogP contribution is 2.44. The topological polar surface area (TPSA) is 134 Å². The number of ether oxygens (including phenoxy) is 2. The molecule has 32 heavy (non-hydrogen) atoms. The largest absolute Gasteiger partial charge is 0.480 e. The number of rotatable bonds is 9. The lowest BCUT2D eigenvalue weighted by Crippen LogP contribution is -2.56. The Bertz CT molecular complexity index is 946. The van der Waals surface area contributed by atoms with Gasteiger partial charge < -0.3 is 30.3 Å². The average molecular weight is 442 g/mol. The van der Waals surface area contributed by atoms with Crippen LogP contribution in [0.15, 0.2) is 48.5 Å². The Morgan fingerprint density at radius 3 is 2.06 bits per heavy atom. The Balaban J connectivity index is 1.65. The molecule has 3 unspecified atom stereocenters. The molecule has 0 fully saturated rings. The van der Waals surface area contributed by atoms with Crippen molar-refractivity contribution < 1.29 is 34.1 Å². The molecule has 0 saturated heterocycles. The molecule has 3 atom stereocenters. The van der Waals surface area contributed by atoms with Crippen molar-refractivity contribution in [2.75, 3.05) is 20.3 Å². The van der Waals surface area contributed by atoms with Crippen molar-refractivity contribution in [3.8, 4) is 11.1 Å². The molecule has 2 amide bonds. The molecule has 3 rings (SSSR count). The van der Waals surface area contributed by atoms with Gasteiger partial charge in [-0.2, -0.15) is 0 Å². The Kier molecular flexibility index (Phi) is 7.45. The minimum absolute atomic E-state index is 0.0621. The van der Waals surface area contributed by atoms with E-state index >= 15 is 0 Å². The van der Waals surface area contributed by atoms with E-state index in [9.17, 15) is 19.5 Å². The number of fused-ring (bicyclic) bond motifs is 3. The van der Waals surface area contributed by atoms with Gasteiger partial charge in [0.25, 0.3) is 0 Å². The number of hydrogen-bond acceptors (Lipinski definition) is 6. The van der Waals surface area contributed by atoms with Gasteiger partial charge in [-0.15, -0.1) is 0 Å². The second-order valence-corrected chi connectivity index (χ2v) is 7.54. The van der Waals surface area contributed by atoms with Gasteiger partial charge >= 0.3 is 12.1 Å². The molecule has 4 N–H and O–H groups in total. The van der Waals surface area contributed by atoms with Crippen LogP contribution >= 0.6 is 0 Å². The summed E-state index contributed by atoms with van der Waals surface area (Å²) in [5, 5.41) is 23.3. The van der Waals surface area contributed by atoms with E-state index in [4.69, 9.17) is 14.6 Å². The number of alkyl carbamates (subject to hydrolysis) is 1. The number of benzene rings is 2. The molecule has 9 nitrogen and oxygen atoms in total. The smallest absolute Gasteiger partial charge is 0.407 e. The van der Waals surface area contributed by atoms with E-state index in [-0.39, 0.29) is 19.1 Å². The third kappa shape index (κ3) is 5.06. The number of carbonyl (C=O) groups excluding carboxylic acids is 2. The zero-order valence-corrected chi connectivity index (χ0v) is 17.8. The van der Waals surface area contributed by atoms with Crippen LogP contribution < -0.4 is 10.6 Å². The summed E-state index contributed by atoms with van der Waals surface area (Å²) < 4.78 is 10.4. The summed E-state index contributed by atoms with van der Waals surface area (Å²) in [6.45, 7) is 1.10. The molecule has 0 radical (unpaired) electrons. The van der Waals surface area contributed by atoms with E-state index in [0.717, 1.165) is 22.3 Å². The number of amides is 2. The highest BCUT2D eigenvalue weighted by molar-refractivity contribution is 5.89. The number of methoxy groups -OCH3 is 1. The first-order chi connectivity index (χ1) is 15.3. The number of carboxylic acids is 1. The molecule has 0 aromatic heterocycles. The molecule has 1 aliphatic rings. The molecular weight excluding hydrogens is 416 g/mol. The normalized spacial score (nSPS) is 15.1. The molecule has 2 aromatic rings. The summed E-state index contributed by atoms with van der Waals surface area (Å²) in [5.41, 5.74) is 4.28. The van der Waals surface area contributed by atoms with Gasteiger partial charge in [-0.3, -0.25) is 4.79 Å². The molecule has 9 heteroatoms. The van der Waals surface area contributed by atoms with Gasteiger partial charge in [-0.1, -0.05) is 48.5 Å². The fraction of sp³-hybridized carbons (Fsp3) is 0.348. The Hall–Kier alpha value is -3.43. The van der Waals surface area contributed by atoms with Gasteiger partial charge in [0.05, 0.1) is 12.7 Å². The van der Waals surface area contributed by atoms with Crippen LogP contribution in [0.5, 0.6) is 0 Å². The zero-order valence-electron chi connectivity index (χ0n) is 17.8. The van der Waals surface area contributed by atoms with Crippen LogP contribution in [0, 0.1) is 0 Å². The Labute approximate surface area is 185 Å². The summed E-state index contributed by atoms with van der Waals surface area (Å²) in [7, 11) is 1.34. The molecule has 170 valence electrons. The maximum atomic E-state index is 12.4. The quantitative estimate of drug-likeness (QED) is 0.462. The highest BCUT2D eigenvalue weighted by Gasteiger charge is 2.31. The minimum Gasteiger partial charge on any atom is -0.480 e. The fourth-order valence-electron chi connectivity index (χ4n) is 3.77. The van der Waals surface area contributed by atoms with Crippen LogP contribution in [0.2, 0.25) is 0 Å². The molecule has 2 aromatic carbocycles. The lowest BCUT2D eigenvalue weighted by atomic mass is 9.98. The summed E-state index contributed by atoms with van der Waals surface area (Å²) in [6.07, 6.45) is -2.16. The first kappa shape index (κ1) is 23.2. The van der Waals surface area contributed by atoms with E-state index in [2.05, 4.69) is 10.6 Å². The van der Waals surface area contributed by atoms with E-state index in [0.29, 0.717) is 0 Å². The van der Waals surface area contributed by atoms with Crippen molar-refractivity contribution in [1.82, 2.24) is 10.6 Å². The van der Waals surface area contributed by atoms with E-state index in [1.807, 2.05) is 48.5 Å². The van der Waals surface area contributed by atoms with E-state index in [1.165, 1.54) is 14.0 Å². The second-order valence-electron chi connectivity index (χ2n) is 7.54. The van der Waals surface area contributed by atoms with Gasteiger partial charge in [0.1, 0.15) is 12.6 Å². The highest BCUT2D eigenvalue weighted by atomic mass is 16.5. The number of aliphatic hydroxyl groups is 1. The van der Waals surface area contributed by atoms with Crippen molar-refractivity contribution in [2.24, 2.45) is 0 Å². The number of aliphatic carboxylic acids is 1. The molecule has 0 heterocycles. The minimum atomic E-state index is -1.52. The number of aliphatic hydroxyl groups excluding tert-OH is 1. The lowest BCUT2D eigenvalue weighted by molar-refractivity contribution is -0.145. The third-order valence-electron chi connectivity index (χ3n) is 5.33. The van der Waals surface area contributed by atoms with Gasteiger partial charge in [0.15, 0.2) is 6.04 Å². The van der Waals surface area contributed by atoms with Crippen LogP contribution in [0.25, 0.3) is 11.1 Å². The average Bonchev–Trinajstić information content (AvgIpc) is 3.09. The number of nitrogens with one attached hydrogen (secondary N) is 2. The van der Waals surface area contributed by atoms with Gasteiger partial charge in [0.2, 0.25) is 5.91 Å². The monoisotopic (exact) mass is 442 g/mol. The lowest BCUT2D eigenvalue weighted by Gasteiger charge is -2.22. The van der Waals surface area contributed by atoms with Crippen molar-refractivity contribution >= 4 is 18.0 Å². The summed E-state index contributed by atoms with van der Waals surface area (Å²) in [4.78, 5) is 36.1. The Morgan fingerprint density at radius 2 is 1.56 bits per heavy atom. The van der Waals surface area contributed by atoms with Crippen molar-refractivity contribution in [3.05, 3.63) is 59.7 Å². The number of carbonyl (C=O) groups is 3. The van der Waals surface area contributed by atoms with Crippen molar-refractivity contribution in [1.29, 1.82) is 0 Å². The third-order valence-corrected chi connectivity index (χ3v) is 5.33. The maximum Gasteiger partial charge on any atom is 0.407 e. The predicted molar refractivity (Wildman–Crippen MR) is 115 cm³/mol. The SMILES string of the molecule is COCC(NC(=O)OCC1c2ccccc2-c2ccccc21)C(=O)NC(C(=O)O)C(C)O. The van der Waals surface area contributed by atoms with Crippen LogP contribution in [-0.2, 0) is 19.1 Å². The fourth-order valence-corrected chi connectivity index (χ4v) is 3.77. The van der Waals surface area contributed by atoms with Gasteiger partial charge in [-0.05, 0) is 29.2 Å². The number of hydrogen-bond donors (Lipinski definition) is 4. The predicted octanol–water partition coefficient (Wildman–Crippen LogP) is 1.49. The summed E-state index contributed by atoms with van der Waals surface area (Å²) in [5.74, 6) is -2.35. The van der Waals surface area contributed by atoms with Crippen molar-refractivity contribution in [2.45, 2.75) is 31.0 Å². The Morgan fingerprint density at radius 1 is 1.00 bits per heavy atom. The van der Waals surface area contributed by atoms with Gasteiger partial charge in [-0.25, -0.2) is 9.59 Å². The molecule has 0 spiro atoms. The summed E-state index contributed by atoms with van der Waals surface area (Å²) >= 11 is 0.